The molecule has 4 N–H and O–H groups in total. The van der Waals surface area contributed by atoms with Crippen molar-refractivity contribution in [2.24, 2.45) is 12.8 Å². The summed E-state index contributed by atoms with van der Waals surface area (Å²) in [6, 6.07) is 14.2. The van der Waals surface area contributed by atoms with Crippen molar-refractivity contribution in [2.45, 2.75) is 18.5 Å². The van der Waals surface area contributed by atoms with Gasteiger partial charge in [0.2, 0.25) is 0 Å². The molecule has 0 aliphatic heterocycles. The minimum atomic E-state index is -2.03. The third-order valence-corrected chi connectivity index (χ3v) is 5.90. The quantitative estimate of drug-likeness (QED) is 0.310. The molecule has 3 rings (SSSR count). The molecule has 0 aliphatic carbocycles. The molecule has 0 spiro atoms. The number of thioether (sulfide) groups is 1. The van der Waals surface area contributed by atoms with Crippen LogP contribution in [0.2, 0.25) is 0 Å². The highest BCUT2D eigenvalue weighted by Gasteiger charge is 2.42. The lowest BCUT2D eigenvalue weighted by atomic mass is 9.84. The maximum absolute atomic E-state index is 13.4. The van der Waals surface area contributed by atoms with E-state index in [1.54, 1.807) is 42.3 Å². The van der Waals surface area contributed by atoms with Gasteiger partial charge in [-0.2, -0.15) is 11.8 Å². The first-order valence-corrected chi connectivity index (χ1v) is 11.7. The number of aliphatic carboxylic acids is 1. The van der Waals surface area contributed by atoms with Gasteiger partial charge in [0.15, 0.2) is 11.3 Å². The van der Waals surface area contributed by atoms with E-state index in [4.69, 9.17) is 5.73 Å². The first kappa shape index (κ1) is 24.2. The second kappa shape index (κ2) is 10.5. The number of hydrogen-bond donors (Lipinski definition) is 3. The molecule has 0 bridgehead atoms. The molecule has 0 fully saturated rings. The molecule has 0 radical (unpaired) electrons. The number of Topliss-reactive ketones (excluding diaryl/α,β-unsaturated/α-hetero) is 1. The van der Waals surface area contributed by atoms with Crippen molar-refractivity contribution >= 4 is 29.4 Å². The van der Waals surface area contributed by atoms with Crippen molar-refractivity contribution in [3.05, 3.63) is 77.9 Å². The Balaban J connectivity index is 1.95. The lowest BCUT2D eigenvalue weighted by molar-refractivity contribution is -0.141. The Hall–Kier alpha value is -3.43. The number of imidazole rings is 1. The lowest BCUT2D eigenvalue weighted by Crippen LogP contribution is -2.55. The van der Waals surface area contributed by atoms with Crippen molar-refractivity contribution < 1.29 is 19.5 Å². The van der Waals surface area contributed by atoms with Crippen LogP contribution in [0.4, 0.5) is 0 Å². The monoisotopic (exact) mass is 466 g/mol. The summed E-state index contributed by atoms with van der Waals surface area (Å²) in [5, 5.41) is 12.6. The summed E-state index contributed by atoms with van der Waals surface area (Å²) in [5.74, 6) is -1.88. The molecular formula is C24H26N4O4S. The van der Waals surface area contributed by atoms with Crippen molar-refractivity contribution in [2.75, 3.05) is 12.0 Å². The summed E-state index contributed by atoms with van der Waals surface area (Å²) in [6.45, 7) is 0.211. The van der Waals surface area contributed by atoms with Gasteiger partial charge in [0.05, 0.1) is 6.33 Å². The van der Waals surface area contributed by atoms with E-state index in [-0.39, 0.29) is 24.4 Å². The Bertz CT molecular complexity index is 1160. The number of benzene rings is 2. The predicted octanol–water partition coefficient (Wildman–Crippen LogP) is 2.74. The molecule has 2 aromatic carbocycles. The fourth-order valence-electron chi connectivity index (χ4n) is 3.38. The van der Waals surface area contributed by atoms with Crippen LogP contribution in [0.15, 0.2) is 61.1 Å². The summed E-state index contributed by atoms with van der Waals surface area (Å²) < 4.78 is 1.68. The normalized spacial score (nSPS) is 12.7. The van der Waals surface area contributed by atoms with E-state index >= 15 is 0 Å². The third-order valence-electron chi connectivity index (χ3n) is 5.29. The Labute approximate surface area is 196 Å². The van der Waals surface area contributed by atoms with Gasteiger partial charge in [-0.15, -0.1) is 0 Å². The molecule has 172 valence electrons. The number of carbonyl (C=O) groups is 3. The summed E-state index contributed by atoms with van der Waals surface area (Å²) in [4.78, 5) is 41.7. The molecule has 0 aliphatic rings. The standard InChI is InChI=1S/C24H26N4O4S/c1-28-14-20(27-15-28)22(30)26-13-16-8-9-18(19(12-16)17-6-4-3-5-7-17)21(29)24(25,23(31)32)10-11-33-2/h3-9,12,14-15H,10-11,13,25H2,1-2H3,(H,26,30)(H,31,32). The maximum atomic E-state index is 13.4. The van der Waals surface area contributed by atoms with Gasteiger partial charge >= 0.3 is 5.97 Å². The highest BCUT2D eigenvalue weighted by atomic mass is 32.2. The molecule has 33 heavy (non-hydrogen) atoms. The van der Waals surface area contributed by atoms with Crippen LogP contribution < -0.4 is 11.1 Å². The average Bonchev–Trinajstić information content (AvgIpc) is 3.27. The smallest absolute Gasteiger partial charge is 0.331 e. The highest BCUT2D eigenvalue weighted by molar-refractivity contribution is 7.98. The van der Waals surface area contributed by atoms with Crippen LogP contribution in [0.5, 0.6) is 0 Å². The van der Waals surface area contributed by atoms with Gasteiger partial charge in [-0.1, -0.05) is 42.5 Å². The van der Waals surface area contributed by atoms with Gasteiger partial charge in [-0.25, -0.2) is 9.78 Å². The number of carboxylic acids is 1. The third kappa shape index (κ3) is 5.50. The highest BCUT2D eigenvalue weighted by Crippen LogP contribution is 2.29. The Morgan fingerprint density at radius 1 is 1.18 bits per heavy atom. The molecule has 0 saturated heterocycles. The minimum absolute atomic E-state index is 0.0123. The minimum Gasteiger partial charge on any atom is -0.480 e. The topological polar surface area (TPSA) is 127 Å². The molecule has 8 nitrogen and oxygen atoms in total. The van der Waals surface area contributed by atoms with Crippen LogP contribution in [0.1, 0.15) is 32.8 Å². The van der Waals surface area contributed by atoms with Crippen LogP contribution in [0.25, 0.3) is 11.1 Å². The van der Waals surface area contributed by atoms with Crippen LogP contribution in [0, 0.1) is 0 Å². The molecule has 0 saturated carbocycles. The second-order valence-electron chi connectivity index (χ2n) is 7.70. The summed E-state index contributed by atoms with van der Waals surface area (Å²) in [6.07, 6.45) is 5.00. The van der Waals surface area contributed by atoms with Crippen molar-refractivity contribution in [1.29, 1.82) is 0 Å². The molecule has 1 atom stereocenters. The molecule has 9 heteroatoms. The first-order valence-electron chi connectivity index (χ1n) is 10.3. The van der Waals surface area contributed by atoms with Gasteiger partial charge in [-0.3, -0.25) is 9.59 Å². The zero-order valence-corrected chi connectivity index (χ0v) is 19.3. The van der Waals surface area contributed by atoms with Gasteiger partial charge in [0.1, 0.15) is 5.69 Å². The van der Waals surface area contributed by atoms with Gasteiger partial charge < -0.3 is 20.7 Å². The number of nitrogens with zero attached hydrogens (tertiary/aromatic N) is 2. The number of carbonyl (C=O) groups excluding carboxylic acids is 2. The summed E-state index contributed by atoms with van der Waals surface area (Å²) >= 11 is 1.43. The maximum Gasteiger partial charge on any atom is 0.331 e. The van der Waals surface area contributed by atoms with Gasteiger partial charge in [-0.05, 0) is 41.2 Å². The largest absolute Gasteiger partial charge is 0.480 e. The number of aryl methyl sites for hydroxylation is 1. The molecule has 1 amide bonds. The van der Waals surface area contributed by atoms with Crippen molar-refractivity contribution in [3.63, 3.8) is 0 Å². The second-order valence-corrected chi connectivity index (χ2v) is 8.69. The summed E-state index contributed by atoms with van der Waals surface area (Å²) in [5.41, 5.74) is 6.68. The number of amides is 1. The number of hydrogen-bond acceptors (Lipinski definition) is 6. The SMILES string of the molecule is CSCCC(N)(C(=O)O)C(=O)c1ccc(CNC(=O)c2cn(C)cn2)cc1-c1ccccc1. The molecular weight excluding hydrogens is 440 g/mol. The van der Waals surface area contributed by atoms with Gasteiger partial charge in [0, 0.05) is 25.4 Å². The Morgan fingerprint density at radius 3 is 2.52 bits per heavy atom. The zero-order valence-electron chi connectivity index (χ0n) is 18.4. The molecule has 3 aromatic rings. The number of nitrogens with one attached hydrogen (secondary N) is 1. The number of ketones is 1. The Morgan fingerprint density at radius 2 is 1.91 bits per heavy atom. The van der Waals surface area contributed by atoms with Crippen LogP contribution in [0.3, 0.4) is 0 Å². The number of nitrogens with two attached hydrogens (primary N) is 1. The van der Waals surface area contributed by atoms with E-state index < -0.39 is 17.3 Å². The lowest BCUT2D eigenvalue weighted by Gasteiger charge is -2.24. The number of carboxylic acid groups (broad SMARTS) is 1. The van der Waals surface area contributed by atoms with Crippen molar-refractivity contribution in [3.8, 4) is 11.1 Å². The van der Waals surface area contributed by atoms with Crippen LogP contribution >= 0.6 is 11.8 Å². The molecule has 1 heterocycles. The van der Waals surface area contributed by atoms with Crippen LogP contribution in [-0.4, -0.2) is 49.9 Å². The van der Waals surface area contributed by atoms with E-state index in [0.717, 1.165) is 11.1 Å². The first-order chi connectivity index (χ1) is 15.8. The fraction of sp³-hybridized carbons (Fsp3) is 0.250. The molecule has 1 unspecified atom stereocenters. The predicted molar refractivity (Wildman–Crippen MR) is 128 cm³/mol. The molecule has 1 aromatic heterocycles. The van der Waals surface area contributed by atoms with E-state index in [0.29, 0.717) is 17.0 Å². The Kier molecular flexibility index (Phi) is 7.67. The zero-order chi connectivity index (χ0) is 24.0. The van der Waals surface area contributed by atoms with E-state index in [1.807, 2.05) is 36.6 Å². The number of aromatic nitrogens is 2. The van der Waals surface area contributed by atoms with Crippen LogP contribution in [-0.2, 0) is 18.4 Å². The van der Waals surface area contributed by atoms with Crippen molar-refractivity contribution in [1.82, 2.24) is 14.9 Å². The van der Waals surface area contributed by atoms with Gasteiger partial charge in [0.25, 0.3) is 5.91 Å². The van der Waals surface area contributed by atoms with E-state index in [1.165, 1.54) is 11.8 Å². The summed E-state index contributed by atoms with van der Waals surface area (Å²) in [7, 11) is 1.78. The average molecular weight is 467 g/mol. The van der Waals surface area contributed by atoms with E-state index in [2.05, 4.69) is 10.3 Å². The fourth-order valence-corrected chi connectivity index (χ4v) is 3.91. The number of rotatable bonds is 10. The van der Waals surface area contributed by atoms with E-state index in [9.17, 15) is 19.5 Å².